The van der Waals surface area contributed by atoms with E-state index in [0.717, 1.165) is 23.4 Å². The molecule has 0 radical (unpaired) electrons. The van der Waals surface area contributed by atoms with Crippen molar-refractivity contribution in [3.8, 4) is 0 Å². The number of nitrogens with two attached hydrogens (primary N) is 1. The minimum absolute atomic E-state index is 0.0271. The summed E-state index contributed by atoms with van der Waals surface area (Å²) in [5, 5.41) is 4.36. The van der Waals surface area contributed by atoms with Crippen LogP contribution >= 0.6 is 0 Å². The van der Waals surface area contributed by atoms with Crippen molar-refractivity contribution in [1.29, 1.82) is 0 Å². The quantitative estimate of drug-likeness (QED) is 0.926. The molecule has 4 nitrogen and oxygen atoms in total. The maximum absolute atomic E-state index is 12.0. The highest BCUT2D eigenvalue weighted by Crippen LogP contribution is 2.61. The second-order valence-corrected chi connectivity index (χ2v) is 7.88. The van der Waals surface area contributed by atoms with Crippen molar-refractivity contribution in [3.63, 3.8) is 0 Å². The van der Waals surface area contributed by atoms with Gasteiger partial charge in [-0.15, -0.1) is 0 Å². The summed E-state index contributed by atoms with van der Waals surface area (Å²) >= 11 is 0. The van der Waals surface area contributed by atoms with Crippen LogP contribution in [0, 0.1) is 30.1 Å². The average Bonchev–Trinajstić information content (AvgIpc) is 2.41. The van der Waals surface area contributed by atoms with Crippen molar-refractivity contribution >= 4 is 0 Å². The standard InChI is InChI=1S/C17H25N3O/c1-11-2-3-16(21)20(19-11)10-15(18)17-7-12-4-13(8-17)6-14(5-12)9-17/h2-3,12-15H,4-10,18H2,1H3. The summed E-state index contributed by atoms with van der Waals surface area (Å²) in [6.07, 6.45) is 8.11. The van der Waals surface area contributed by atoms with Gasteiger partial charge in [0.25, 0.3) is 5.56 Å². The van der Waals surface area contributed by atoms with Gasteiger partial charge in [-0.2, -0.15) is 5.10 Å². The molecule has 4 fully saturated rings. The number of hydrogen-bond acceptors (Lipinski definition) is 3. The summed E-state index contributed by atoms with van der Waals surface area (Å²) in [6, 6.07) is 3.45. The molecule has 4 bridgehead atoms. The lowest BCUT2D eigenvalue weighted by molar-refractivity contribution is -0.0701. The highest BCUT2D eigenvalue weighted by molar-refractivity contribution is 5.06. The first-order valence-electron chi connectivity index (χ1n) is 8.34. The Balaban J connectivity index is 1.58. The van der Waals surface area contributed by atoms with Gasteiger partial charge in [-0.25, -0.2) is 4.68 Å². The monoisotopic (exact) mass is 287 g/mol. The van der Waals surface area contributed by atoms with E-state index in [1.807, 2.05) is 6.92 Å². The molecular formula is C17H25N3O. The summed E-state index contributed by atoms with van der Waals surface area (Å²) < 4.78 is 1.58. The molecule has 1 atom stereocenters. The molecule has 1 aromatic heterocycles. The van der Waals surface area contributed by atoms with E-state index in [4.69, 9.17) is 5.73 Å². The first kappa shape index (κ1) is 13.5. The lowest BCUT2D eigenvalue weighted by Gasteiger charge is -2.58. The van der Waals surface area contributed by atoms with E-state index in [0.29, 0.717) is 6.54 Å². The number of rotatable bonds is 3. The molecule has 114 valence electrons. The van der Waals surface area contributed by atoms with E-state index in [-0.39, 0.29) is 17.0 Å². The van der Waals surface area contributed by atoms with Gasteiger partial charge in [0.15, 0.2) is 0 Å². The van der Waals surface area contributed by atoms with E-state index in [1.165, 1.54) is 38.5 Å². The Morgan fingerprint density at radius 1 is 1.24 bits per heavy atom. The highest BCUT2D eigenvalue weighted by atomic mass is 16.1. The van der Waals surface area contributed by atoms with Crippen molar-refractivity contribution in [2.75, 3.05) is 0 Å². The van der Waals surface area contributed by atoms with Crippen molar-refractivity contribution in [2.45, 2.75) is 58.0 Å². The van der Waals surface area contributed by atoms with Crippen molar-refractivity contribution in [1.82, 2.24) is 9.78 Å². The van der Waals surface area contributed by atoms with Gasteiger partial charge in [-0.05, 0) is 74.7 Å². The van der Waals surface area contributed by atoms with Crippen LogP contribution in [0.1, 0.15) is 44.2 Å². The Kier molecular flexibility index (Phi) is 3.00. The fourth-order valence-electron chi connectivity index (χ4n) is 5.69. The van der Waals surface area contributed by atoms with Gasteiger partial charge < -0.3 is 5.73 Å². The topological polar surface area (TPSA) is 60.9 Å². The normalized spacial score (nSPS) is 38.7. The van der Waals surface area contributed by atoms with Gasteiger partial charge >= 0.3 is 0 Å². The van der Waals surface area contributed by atoms with Gasteiger partial charge in [0.05, 0.1) is 12.2 Å². The van der Waals surface area contributed by atoms with Crippen LogP contribution in [0.4, 0.5) is 0 Å². The number of hydrogen-bond donors (Lipinski definition) is 1. The van der Waals surface area contributed by atoms with Gasteiger partial charge in [0.2, 0.25) is 0 Å². The second kappa shape index (κ2) is 4.67. The van der Waals surface area contributed by atoms with Gasteiger partial charge in [0.1, 0.15) is 0 Å². The zero-order valence-electron chi connectivity index (χ0n) is 12.8. The fraction of sp³-hybridized carbons (Fsp3) is 0.765. The highest BCUT2D eigenvalue weighted by Gasteiger charge is 2.53. The van der Waals surface area contributed by atoms with E-state index < -0.39 is 0 Å². The number of nitrogens with zero attached hydrogens (tertiary/aromatic N) is 2. The first-order valence-corrected chi connectivity index (χ1v) is 8.34. The minimum atomic E-state index is -0.0271. The molecule has 2 N–H and O–H groups in total. The zero-order valence-corrected chi connectivity index (χ0v) is 12.8. The van der Waals surface area contributed by atoms with Crippen LogP contribution in [0.2, 0.25) is 0 Å². The van der Waals surface area contributed by atoms with Gasteiger partial charge in [-0.1, -0.05) is 0 Å². The van der Waals surface area contributed by atoms with Crippen molar-refractivity contribution < 1.29 is 0 Å². The van der Waals surface area contributed by atoms with Crippen LogP contribution in [0.3, 0.4) is 0 Å². The molecule has 4 heteroatoms. The molecule has 0 saturated heterocycles. The zero-order chi connectivity index (χ0) is 14.6. The number of aromatic nitrogens is 2. The maximum atomic E-state index is 12.0. The van der Waals surface area contributed by atoms with E-state index >= 15 is 0 Å². The third-order valence-electron chi connectivity index (χ3n) is 6.24. The molecule has 0 aliphatic heterocycles. The molecule has 21 heavy (non-hydrogen) atoms. The average molecular weight is 287 g/mol. The van der Waals surface area contributed by atoms with E-state index in [2.05, 4.69) is 5.10 Å². The summed E-state index contributed by atoms with van der Waals surface area (Å²) in [6.45, 7) is 2.50. The summed E-state index contributed by atoms with van der Waals surface area (Å²) in [5.41, 5.74) is 7.76. The van der Waals surface area contributed by atoms with E-state index in [1.54, 1.807) is 16.8 Å². The van der Waals surface area contributed by atoms with Gasteiger partial charge in [-0.3, -0.25) is 4.79 Å². The largest absolute Gasteiger partial charge is 0.326 e. The lowest BCUT2D eigenvalue weighted by Crippen LogP contribution is -2.56. The van der Waals surface area contributed by atoms with Crippen LogP contribution in [0.15, 0.2) is 16.9 Å². The Morgan fingerprint density at radius 3 is 2.38 bits per heavy atom. The van der Waals surface area contributed by atoms with Crippen LogP contribution < -0.4 is 11.3 Å². The molecule has 5 rings (SSSR count). The van der Waals surface area contributed by atoms with Crippen LogP contribution in [0.25, 0.3) is 0 Å². The molecule has 0 amide bonds. The van der Waals surface area contributed by atoms with Gasteiger partial charge in [0, 0.05) is 12.1 Å². The Bertz CT molecular complexity index is 571. The second-order valence-electron chi connectivity index (χ2n) is 7.88. The molecule has 4 saturated carbocycles. The molecule has 4 aliphatic carbocycles. The molecule has 1 unspecified atom stereocenters. The molecular weight excluding hydrogens is 262 g/mol. The fourth-order valence-corrected chi connectivity index (χ4v) is 5.69. The third-order valence-corrected chi connectivity index (χ3v) is 6.24. The van der Waals surface area contributed by atoms with Crippen molar-refractivity contribution in [3.05, 3.63) is 28.2 Å². The van der Waals surface area contributed by atoms with Crippen molar-refractivity contribution in [2.24, 2.45) is 28.9 Å². The predicted molar refractivity (Wildman–Crippen MR) is 81.8 cm³/mol. The summed E-state index contributed by atoms with van der Waals surface area (Å²) in [7, 11) is 0. The molecule has 4 aliphatic rings. The predicted octanol–water partition coefficient (Wildman–Crippen LogP) is 2.10. The Morgan fingerprint density at radius 2 is 1.81 bits per heavy atom. The maximum Gasteiger partial charge on any atom is 0.266 e. The smallest absolute Gasteiger partial charge is 0.266 e. The summed E-state index contributed by atoms with van der Waals surface area (Å²) in [5.74, 6) is 2.68. The Hall–Kier alpha value is -1.16. The molecule has 1 aromatic rings. The third kappa shape index (κ3) is 2.24. The van der Waals surface area contributed by atoms with Crippen LogP contribution in [0.5, 0.6) is 0 Å². The van der Waals surface area contributed by atoms with E-state index in [9.17, 15) is 4.79 Å². The molecule has 1 heterocycles. The summed E-state index contributed by atoms with van der Waals surface area (Å²) in [4.78, 5) is 12.0. The van der Waals surface area contributed by atoms with Crippen LogP contribution in [-0.2, 0) is 6.54 Å². The minimum Gasteiger partial charge on any atom is -0.326 e. The molecule has 0 spiro atoms. The SMILES string of the molecule is Cc1ccc(=O)n(CC(N)C23CC4CC(CC(C4)C2)C3)n1. The Labute approximate surface area is 125 Å². The molecule has 0 aromatic carbocycles. The lowest BCUT2D eigenvalue weighted by atomic mass is 9.48. The van der Waals surface area contributed by atoms with Crippen LogP contribution in [-0.4, -0.2) is 15.8 Å². The first-order chi connectivity index (χ1) is 10.0. The number of aryl methyl sites for hydroxylation is 1.